The molecule has 2 rings (SSSR count). The Morgan fingerprint density at radius 1 is 1.12 bits per heavy atom. The van der Waals surface area contributed by atoms with Gasteiger partial charge in [-0.05, 0) is 44.5 Å². The van der Waals surface area contributed by atoms with E-state index in [1.807, 2.05) is 0 Å². The number of carbonyl (C=O) groups excluding carboxylic acids is 2. The van der Waals surface area contributed by atoms with Crippen molar-refractivity contribution < 1.29 is 27.3 Å². The van der Waals surface area contributed by atoms with Gasteiger partial charge in [-0.15, -0.1) is 0 Å². The largest absolute Gasteiger partial charge is 0.352 e. The first-order chi connectivity index (χ1) is 15.8. The molecular formula is C22H27FN4O6S. The van der Waals surface area contributed by atoms with Crippen LogP contribution in [0.3, 0.4) is 0 Å². The second-order valence-electron chi connectivity index (χ2n) is 8.03. The second kappa shape index (κ2) is 11.1. The fraction of sp³-hybridized carbons (Fsp3) is 0.364. The molecule has 34 heavy (non-hydrogen) atoms. The summed E-state index contributed by atoms with van der Waals surface area (Å²) in [6.45, 7) is 4.23. The van der Waals surface area contributed by atoms with Crippen molar-refractivity contribution in [3.63, 3.8) is 0 Å². The van der Waals surface area contributed by atoms with E-state index in [2.05, 4.69) is 5.32 Å². The first-order valence-electron chi connectivity index (χ1n) is 10.4. The third kappa shape index (κ3) is 7.24. The third-order valence-electron chi connectivity index (χ3n) is 4.87. The van der Waals surface area contributed by atoms with Crippen LogP contribution in [-0.2, 0) is 26.2 Å². The Bertz CT molecular complexity index is 1150. The van der Waals surface area contributed by atoms with Gasteiger partial charge in [0.1, 0.15) is 18.4 Å². The number of hydrogen-bond acceptors (Lipinski definition) is 6. The number of rotatable bonds is 10. The number of nitrogens with one attached hydrogen (secondary N) is 1. The van der Waals surface area contributed by atoms with Crippen LogP contribution in [0.4, 0.5) is 15.8 Å². The van der Waals surface area contributed by atoms with Crippen LogP contribution < -0.4 is 9.62 Å². The zero-order valence-corrected chi connectivity index (χ0v) is 20.1. The van der Waals surface area contributed by atoms with E-state index in [1.54, 1.807) is 13.8 Å². The average Bonchev–Trinajstić information content (AvgIpc) is 2.75. The summed E-state index contributed by atoms with van der Waals surface area (Å²) >= 11 is 0. The Labute approximate surface area is 197 Å². The minimum Gasteiger partial charge on any atom is -0.352 e. The van der Waals surface area contributed by atoms with Crippen molar-refractivity contribution in [2.24, 2.45) is 0 Å². The molecule has 12 heteroatoms. The molecule has 0 saturated carbocycles. The molecule has 0 radical (unpaired) electrons. The predicted molar refractivity (Wildman–Crippen MR) is 125 cm³/mol. The van der Waals surface area contributed by atoms with Gasteiger partial charge < -0.3 is 10.2 Å². The normalized spacial score (nSPS) is 12.2. The number of sulfonamides is 1. The van der Waals surface area contributed by atoms with Crippen molar-refractivity contribution in [2.75, 3.05) is 17.1 Å². The molecule has 0 bridgehead atoms. The summed E-state index contributed by atoms with van der Waals surface area (Å²) in [4.78, 5) is 37.6. The maximum atomic E-state index is 13.3. The molecule has 184 valence electrons. The van der Waals surface area contributed by atoms with Crippen LogP contribution in [-0.4, -0.2) is 54.9 Å². The van der Waals surface area contributed by atoms with Crippen LogP contribution in [0.25, 0.3) is 0 Å². The van der Waals surface area contributed by atoms with Crippen LogP contribution in [0.2, 0.25) is 0 Å². The number of carbonyl (C=O) groups is 2. The molecule has 0 fully saturated rings. The first kappa shape index (κ1) is 26.7. The van der Waals surface area contributed by atoms with Crippen LogP contribution in [0.1, 0.15) is 26.3 Å². The zero-order chi connectivity index (χ0) is 25.6. The van der Waals surface area contributed by atoms with E-state index in [1.165, 1.54) is 54.3 Å². The van der Waals surface area contributed by atoms with Crippen molar-refractivity contribution in [1.29, 1.82) is 0 Å². The zero-order valence-electron chi connectivity index (χ0n) is 19.3. The highest BCUT2D eigenvalue weighted by atomic mass is 32.2. The van der Waals surface area contributed by atoms with Crippen molar-refractivity contribution in [2.45, 2.75) is 39.4 Å². The SMILES string of the molecule is CC(C)NC(=O)[C@H](C)N(Cc1ccc(F)cc1)C(=O)CN(c1cccc([N+](=O)[O-])c1)S(C)(=O)=O. The number of nitrogens with zero attached hydrogens (tertiary/aromatic N) is 3. The highest BCUT2D eigenvalue weighted by Crippen LogP contribution is 2.24. The maximum absolute atomic E-state index is 13.3. The van der Waals surface area contributed by atoms with E-state index < -0.39 is 45.2 Å². The highest BCUT2D eigenvalue weighted by Gasteiger charge is 2.30. The Hall–Kier alpha value is -3.54. The molecule has 0 heterocycles. The number of nitro groups is 1. The lowest BCUT2D eigenvalue weighted by molar-refractivity contribution is -0.384. The van der Waals surface area contributed by atoms with Crippen LogP contribution in [0, 0.1) is 15.9 Å². The van der Waals surface area contributed by atoms with E-state index >= 15 is 0 Å². The van der Waals surface area contributed by atoms with Gasteiger partial charge >= 0.3 is 0 Å². The van der Waals surface area contributed by atoms with Gasteiger partial charge in [-0.2, -0.15) is 0 Å². The summed E-state index contributed by atoms with van der Waals surface area (Å²) < 4.78 is 39.0. The number of non-ortho nitro benzene ring substituents is 1. The molecule has 1 atom stereocenters. The Morgan fingerprint density at radius 2 is 1.74 bits per heavy atom. The van der Waals surface area contributed by atoms with Crippen molar-refractivity contribution in [3.05, 3.63) is 70.0 Å². The molecule has 2 aromatic carbocycles. The second-order valence-corrected chi connectivity index (χ2v) is 9.94. The van der Waals surface area contributed by atoms with Gasteiger partial charge in [-0.3, -0.25) is 24.0 Å². The number of benzene rings is 2. The lowest BCUT2D eigenvalue weighted by Crippen LogP contribution is -2.52. The molecule has 1 N–H and O–H groups in total. The van der Waals surface area contributed by atoms with Gasteiger partial charge in [0, 0.05) is 24.7 Å². The van der Waals surface area contributed by atoms with Gasteiger partial charge in [-0.1, -0.05) is 18.2 Å². The van der Waals surface area contributed by atoms with Crippen molar-refractivity contribution in [1.82, 2.24) is 10.2 Å². The van der Waals surface area contributed by atoms with Crippen LogP contribution in [0.15, 0.2) is 48.5 Å². The van der Waals surface area contributed by atoms with Gasteiger partial charge in [0.15, 0.2) is 0 Å². The molecule has 0 aliphatic carbocycles. The lowest BCUT2D eigenvalue weighted by atomic mass is 10.1. The fourth-order valence-electron chi connectivity index (χ4n) is 3.15. The first-order valence-corrected chi connectivity index (χ1v) is 12.2. The maximum Gasteiger partial charge on any atom is 0.271 e. The molecule has 0 unspecified atom stereocenters. The van der Waals surface area contributed by atoms with E-state index in [0.29, 0.717) is 5.56 Å². The Balaban J connectivity index is 2.42. The molecule has 0 saturated heterocycles. The Kier molecular flexibility index (Phi) is 8.68. The fourth-order valence-corrected chi connectivity index (χ4v) is 3.99. The van der Waals surface area contributed by atoms with E-state index in [-0.39, 0.29) is 24.0 Å². The lowest BCUT2D eigenvalue weighted by Gasteiger charge is -2.31. The van der Waals surface area contributed by atoms with E-state index in [4.69, 9.17) is 0 Å². The number of halogens is 1. The molecule has 0 aliphatic heterocycles. The number of nitro benzene ring substituents is 1. The average molecular weight is 495 g/mol. The molecule has 0 aromatic heterocycles. The predicted octanol–water partition coefficient (Wildman–Crippen LogP) is 2.44. The Morgan fingerprint density at radius 3 is 2.26 bits per heavy atom. The summed E-state index contributed by atoms with van der Waals surface area (Å²) in [5.74, 6) is -1.64. The monoisotopic (exact) mass is 494 g/mol. The number of anilines is 1. The smallest absolute Gasteiger partial charge is 0.271 e. The van der Waals surface area contributed by atoms with Crippen molar-refractivity contribution in [3.8, 4) is 0 Å². The highest BCUT2D eigenvalue weighted by molar-refractivity contribution is 7.92. The molecule has 0 aliphatic rings. The molecule has 2 aromatic rings. The number of amides is 2. The minimum absolute atomic E-state index is 0.0638. The van der Waals surface area contributed by atoms with Gasteiger partial charge in [0.2, 0.25) is 21.8 Å². The van der Waals surface area contributed by atoms with E-state index in [0.717, 1.165) is 16.6 Å². The molecule has 2 amide bonds. The molecule has 10 nitrogen and oxygen atoms in total. The van der Waals surface area contributed by atoms with Gasteiger partial charge in [0.25, 0.3) is 5.69 Å². The quantitative estimate of drug-likeness (QED) is 0.399. The topological polar surface area (TPSA) is 130 Å². The minimum atomic E-state index is -4.02. The van der Waals surface area contributed by atoms with E-state index in [9.17, 15) is 32.5 Å². The summed E-state index contributed by atoms with van der Waals surface area (Å²) in [5.41, 5.74) is 0.123. The summed E-state index contributed by atoms with van der Waals surface area (Å²) in [7, 11) is -4.02. The van der Waals surface area contributed by atoms with Crippen LogP contribution in [0.5, 0.6) is 0 Å². The molecule has 0 spiro atoms. The molecular weight excluding hydrogens is 467 g/mol. The summed E-state index contributed by atoms with van der Waals surface area (Å²) in [6.07, 6.45) is 0.873. The van der Waals surface area contributed by atoms with Gasteiger partial charge in [0.05, 0.1) is 16.9 Å². The summed E-state index contributed by atoms with van der Waals surface area (Å²) in [6, 6.07) is 9.05. The number of hydrogen-bond donors (Lipinski definition) is 1. The summed E-state index contributed by atoms with van der Waals surface area (Å²) in [5, 5.41) is 13.8. The van der Waals surface area contributed by atoms with Gasteiger partial charge in [-0.25, -0.2) is 12.8 Å². The van der Waals surface area contributed by atoms with Crippen molar-refractivity contribution >= 4 is 33.2 Å². The third-order valence-corrected chi connectivity index (χ3v) is 6.01. The standard InChI is InChI=1S/C22H27FN4O6S/c1-15(2)24-22(29)16(3)25(13-17-8-10-18(23)11-9-17)21(28)14-26(34(4,32)33)19-6-5-7-20(12-19)27(30)31/h5-12,15-16H,13-14H2,1-4H3,(H,24,29)/t16-/m0/s1. The van der Waals surface area contributed by atoms with Crippen LogP contribution >= 0.6 is 0 Å².